The summed E-state index contributed by atoms with van der Waals surface area (Å²) in [7, 11) is 1.99. The van der Waals surface area contributed by atoms with E-state index in [0.717, 1.165) is 47.0 Å². The van der Waals surface area contributed by atoms with Crippen LogP contribution in [0.1, 0.15) is 59.9 Å². The monoisotopic (exact) mass is 366 g/mol. The minimum absolute atomic E-state index is 0.150. The van der Waals surface area contributed by atoms with Crippen LogP contribution in [0.3, 0.4) is 0 Å². The molecule has 0 bridgehead atoms. The van der Waals surface area contributed by atoms with Crippen molar-refractivity contribution in [2.75, 3.05) is 0 Å². The summed E-state index contributed by atoms with van der Waals surface area (Å²) in [6.07, 6.45) is 2.95. The van der Waals surface area contributed by atoms with Crippen LogP contribution in [-0.2, 0) is 13.5 Å². The van der Waals surface area contributed by atoms with Crippen molar-refractivity contribution in [2.24, 2.45) is 7.05 Å². The molecule has 0 saturated carbocycles. The number of aromatic nitrogens is 1. The van der Waals surface area contributed by atoms with E-state index in [-0.39, 0.29) is 17.8 Å². The lowest BCUT2D eigenvalue weighted by Crippen LogP contribution is -2.26. The third-order valence-electron chi connectivity index (χ3n) is 5.19. The smallest absolute Gasteiger partial charge is 0.251 e. The Morgan fingerprint density at radius 3 is 2.70 bits per heavy atom. The number of fused-ring (bicyclic) bond motifs is 1. The van der Waals surface area contributed by atoms with Crippen molar-refractivity contribution in [3.63, 3.8) is 0 Å². The molecule has 0 spiro atoms. The van der Waals surface area contributed by atoms with E-state index < -0.39 is 0 Å². The first-order chi connectivity index (χ1) is 12.9. The molecule has 27 heavy (non-hydrogen) atoms. The fourth-order valence-electron chi connectivity index (χ4n) is 3.42. The maximum absolute atomic E-state index is 14.0. The Hall–Kier alpha value is -2.62. The van der Waals surface area contributed by atoms with Gasteiger partial charge in [-0.05, 0) is 73.5 Å². The number of halogens is 1. The average molecular weight is 366 g/mol. The Morgan fingerprint density at radius 1 is 1.19 bits per heavy atom. The second kappa shape index (κ2) is 7.95. The molecule has 0 aliphatic carbocycles. The average Bonchev–Trinajstić information content (AvgIpc) is 2.93. The second-order valence-electron chi connectivity index (χ2n) is 7.31. The standard InChI is InChI=1S/C23H27FN2O/c1-5-6-7-17-11-20(13-21(24)12-17)16(3)25-23(27)19-9-8-18-10-15(2)26(4)22(18)14-19/h8-14,16H,5-7H2,1-4H3,(H,25,27)/t16-/m0/s1. The highest BCUT2D eigenvalue weighted by molar-refractivity contribution is 5.98. The van der Waals surface area contributed by atoms with Crippen molar-refractivity contribution in [1.29, 1.82) is 0 Å². The van der Waals surface area contributed by atoms with Crippen LogP contribution >= 0.6 is 0 Å². The molecule has 142 valence electrons. The van der Waals surface area contributed by atoms with Crippen molar-refractivity contribution in [3.8, 4) is 0 Å². The minimum Gasteiger partial charge on any atom is -0.348 e. The zero-order valence-corrected chi connectivity index (χ0v) is 16.5. The zero-order chi connectivity index (χ0) is 19.6. The molecule has 1 aromatic heterocycles. The number of nitrogens with one attached hydrogen (secondary N) is 1. The number of benzene rings is 2. The molecule has 0 saturated heterocycles. The van der Waals surface area contributed by atoms with Gasteiger partial charge in [0.1, 0.15) is 5.82 Å². The molecule has 2 aromatic carbocycles. The molecular weight excluding hydrogens is 339 g/mol. The highest BCUT2D eigenvalue weighted by atomic mass is 19.1. The predicted molar refractivity (Wildman–Crippen MR) is 109 cm³/mol. The predicted octanol–water partition coefficient (Wildman–Crippen LogP) is 5.46. The lowest BCUT2D eigenvalue weighted by atomic mass is 10.0. The molecular formula is C23H27FN2O. The number of aryl methyl sites for hydroxylation is 3. The topological polar surface area (TPSA) is 34.0 Å². The van der Waals surface area contributed by atoms with E-state index in [4.69, 9.17) is 0 Å². The van der Waals surface area contributed by atoms with Crippen molar-refractivity contribution >= 4 is 16.8 Å². The second-order valence-corrected chi connectivity index (χ2v) is 7.31. The molecule has 0 unspecified atom stereocenters. The summed E-state index contributed by atoms with van der Waals surface area (Å²) < 4.78 is 16.1. The summed E-state index contributed by atoms with van der Waals surface area (Å²) in [6.45, 7) is 6.05. The first kappa shape index (κ1) is 19.2. The number of carbonyl (C=O) groups is 1. The first-order valence-electron chi connectivity index (χ1n) is 9.55. The summed E-state index contributed by atoms with van der Waals surface area (Å²) >= 11 is 0. The molecule has 1 heterocycles. The SMILES string of the molecule is CCCCc1cc(F)cc([C@H](C)NC(=O)c2ccc3cc(C)n(C)c3c2)c1. The molecule has 1 N–H and O–H groups in total. The van der Waals surface area contributed by atoms with Gasteiger partial charge in [-0.3, -0.25) is 4.79 Å². The normalized spacial score (nSPS) is 12.3. The van der Waals surface area contributed by atoms with E-state index in [2.05, 4.69) is 22.9 Å². The van der Waals surface area contributed by atoms with Gasteiger partial charge < -0.3 is 9.88 Å². The molecule has 0 fully saturated rings. The van der Waals surface area contributed by atoms with E-state index in [9.17, 15) is 9.18 Å². The maximum Gasteiger partial charge on any atom is 0.251 e. The van der Waals surface area contributed by atoms with Crippen LogP contribution in [0, 0.1) is 12.7 Å². The number of hydrogen-bond acceptors (Lipinski definition) is 1. The quantitative estimate of drug-likeness (QED) is 0.617. The van der Waals surface area contributed by atoms with E-state index in [1.807, 2.05) is 45.2 Å². The number of unbranched alkanes of at least 4 members (excludes halogenated alkanes) is 1. The maximum atomic E-state index is 14.0. The van der Waals surface area contributed by atoms with Crippen LogP contribution in [-0.4, -0.2) is 10.5 Å². The molecule has 4 heteroatoms. The number of hydrogen-bond donors (Lipinski definition) is 1. The summed E-state index contributed by atoms with van der Waals surface area (Å²) in [4.78, 5) is 12.7. The van der Waals surface area contributed by atoms with Gasteiger partial charge in [0.2, 0.25) is 0 Å². The Kier molecular flexibility index (Phi) is 5.64. The summed E-state index contributed by atoms with van der Waals surface area (Å²) in [6, 6.07) is 12.6. The zero-order valence-electron chi connectivity index (χ0n) is 16.5. The van der Waals surface area contributed by atoms with E-state index in [1.165, 1.54) is 6.07 Å². The van der Waals surface area contributed by atoms with Gasteiger partial charge >= 0.3 is 0 Å². The van der Waals surface area contributed by atoms with Gasteiger partial charge in [-0.15, -0.1) is 0 Å². The van der Waals surface area contributed by atoms with Crippen molar-refractivity contribution in [3.05, 3.63) is 70.7 Å². The third-order valence-corrected chi connectivity index (χ3v) is 5.19. The number of amides is 1. The molecule has 1 atom stereocenters. The Bertz CT molecular complexity index is 974. The molecule has 3 rings (SSSR count). The molecule has 1 amide bonds. The molecule has 0 aliphatic rings. The van der Waals surface area contributed by atoms with Gasteiger partial charge in [-0.2, -0.15) is 0 Å². The van der Waals surface area contributed by atoms with Gasteiger partial charge in [-0.25, -0.2) is 4.39 Å². The number of rotatable bonds is 6. The lowest BCUT2D eigenvalue weighted by Gasteiger charge is -2.16. The van der Waals surface area contributed by atoms with E-state index in [0.29, 0.717) is 5.56 Å². The lowest BCUT2D eigenvalue weighted by molar-refractivity contribution is 0.0940. The fraction of sp³-hybridized carbons (Fsp3) is 0.348. The Labute approximate surface area is 160 Å². The van der Waals surface area contributed by atoms with Crippen LogP contribution in [0.15, 0.2) is 42.5 Å². The van der Waals surface area contributed by atoms with Gasteiger partial charge in [-0.1, -0.05) is 25.5 Å². The first-order valence-corrected chi connectivity index (χ1v) is 9.55. The fourth-order valence-corrected chi connectivity index (χ4v) is 3.42. The van der Waals surface area contributed by atoms with E-state index in [1.54, 1.807) is 6.07 Å². The third kappa shape index (κ3) is 4.21. The van der Waals surface area contributed by atoms with Crippen LogP contribution in [0.4, 0.5) is 4.39 Å². The molecule has 0 radical (unpaired) electrons. The molecule has 0 aliphatic heterocycles. The molecule has 3 nitrogen and oxygen atoms in total. The van der Waals surface area contributed by atoms with Crippen LogP contribution in [0.2, 0.25) is 0 Å². The van der Waals surface area contributed by atoms with Gasteiger partial charge in [0, 0.05) is 23.8 Å². The van der Waals surface area contributed by atoms with Gasteiger partial charge in [0.25, 0.3) is 5.91 Å². The summed E-state index contributed by atoms with van der Waals surface area (Å²) in [5, 5.41) is 4.12. The number of nitrogens with zero attached hydrogens (tertiary/aromatic N) is 1. The van der Waals surface area contributed by atoms with Gasteiger partial charge in [0.05, 0.1) is 6.04 Å². The summed E-state index contributed by atoms with van der Waals surface area (Å²) in [5.74, 6) is -0.400. The highest BCUT2D eigenvalue weighted by Crippen LogP contribution is 2.22. The number of carbonyl (C=O) groups excluding carboxylic acids is 1. The van der Waals surface area contributed by atoms with Gasteiger partial charge in [0.15, 0.2) is 0 Å². The molecule has 3 aromatic rings. The van der Waals surface area contributed by atoms with Crippen molar-refractivity contribution < 1.29 is 9.18 Å². The van der Waals surface area contributed by atoms with E-state index >= 15 is 0 Å². The highest BCUT2D eigenvalue weighted by Gasteiger charge is 2.14. The van der Waals surface area contributed by atoms with Crippen molar-refractivity contribution in [1.82, 2.24) is 9.88 Å². The Balaban J connectivity index is 1.79. The van der Waals surface area contributed by atoms with Crippen LogP contribution in [0.5, 0.6) is 0 Å². The van der Waals surface area contributed by atoms with Crippen LogP contribution < -0.4 is 5.32 Å². The largest absolute Gasteiger partial charge is 0.348 e. The van der Waals surface area contributed by atoms with Crippen molar-refractivity contribution in [2.45, 2.75) is 46.1 Å². The minimum atomic E-state index is -0.264. The van der Waals surface area contributed by atoms with Crippen LogP contribution in [0.25, 0.3) is 10.9 Å². The summed E-state index contributed by atoms with van der Waals surface area (Å²) in [5.41, 5.74) is 4.56. The Morgan fingerprint density at radius 2 is 1.96 bits per heavy atom.